The lowest BCUT2D eigenvalue weighted by molar-refractivity contribution is -0.144. The van der Waals surface area contributed by atoms with Crippen molar-refractivity contribution in [3.05, 3.63) is 28.2 Å². The Kier molecular flexibility index (Phi) is 6.72. The molecule has 0 bridgehead atoms. The van der Waals surface area contributed by atoms with Crippen LogP contribution in [0.1, 0.15) is 31.1 Å². The molecule has 0 aliphatic heterocycles. The van der Waals surface area contributed by atoms with Gasteiger partial charge in [0, 0.05) is 10.5 Å². The summed E-state index contributed by atoms with van der Waals surface area (Å²) in [6.45, 7) is 5.15. The van der Waals surface area contributed by atoms with Gasteiger partial charge in [-0.05, 0) is 54.9 Å². The second kappa shape index (κ2) is 7.89. The van der Waals surface area contributed by atoms with E-state index in [0.717, 1.165) is 0 Å². The molecule has 1 aromatic rings. The standard InChI is InChI=1S/C14H19BrN2O5S/c1-4-22-13(18)8-17(9(2)3)14(19)11-7-10(23(16,20)21)5-6-12(11)15/h5-7,9H,4,8H2,1-3H3,(H2,16,20,21). The zero-order valence-corrected chi connectivity index (χ0v) is 15.5. The molecule has 1 amide bonds. The first-order chi connectivity index (χ1) is 10.6. The van der Waals surface area contributed by atoms with Gasteiger partial charge in [0.2, 0.25) is 10.0 Å². The molecule has 0 unspecified atom stereocenters. The molecule has 2 N–H and O–H groups in total. The van der Waals surface area contributed by atoms with Crippen LogP contribution >= 0.6 is 15.9 Å². The number of carbonyl (C=O) groups is 2. The first kappa shape index (κ1) is 19.6. The van der Waals surface area contributed by atoms with Gasteiger partial charge in [-0.2, -0.15) is 0 Å². The highest BCUT2D eigenvalue weighted by Crippen LogP contribution is 2.23. The summed E-state index contributed by atoms with van der Waals surface area (Å²) in [5.74, 6) is -1.03. The Hall–Kier alpha value is -1.45. The zero-order valence-electron chi connectivity index (χ0n) is 13.1. The lowest BCUT2D eigenvalue weighted by Crippen LogP contribution is -2.41. The molecule has 7 nitrogen and oxygen atoms in total. The van der Waals surface area contributed by atoms with E-state index in [1.54, 1.807) is 20.8 Å². The molecule has 0 aromatic heterocycles. The number of nitrogens with zero attached hydrogens (tertiary/aromatic N) is 1. The van der Waals surface area contributed by atoms with Crippen LogP contribution in [0.3, 0.4) is 0 Å². The first-order valence-electron chi connectivity index (χ1n) is 6.86. The van der Waals surface area contributed by atoms with E-state index in [2.05, 4.69) is 15.9 Å². The largest absolute Gasteiger partial charge is 0.465 e. The third-order valence-corrected chi connectivity index (χ3v) is 4.59. The minimum atomic E-state index is -3.94. The summed E-state index contributed by atoms with van der Waals surface area (Å²) in [6.07, 6.45) is 0. The number of sulfonamides is 1. The second-order valence-corrected chi connectivity index (χ2v) is 7.43. The van der Waals surface area contributed by atoms with Crippen LogP contribution in [0.2, 0.25) is 0 Å². The summed E-state index contributed by atoms with van der Waals surface area (Å²) in [6, 6.07) is 3.62. The number of hydrogen-bond acceptors (Lipinski definition) is 5. The fourth-order valence-corrected chi connectivity index (χ4v) is 2.79. The highest BCUT2D eigenvalue weighted by molar-refractivity contribution is 9.10. The predicted molar refractivity (Wildman–Crippen MR) is 88.3 cm³/mol. The molecular formula is C14H19BrN2O5S. The van der Waals surface area contributed by atoms with Gasteiger partial charge in [0.1, 0.15) is 6.54 Å². The number of rotatable bonds is 6. The van der Waals surface area contributed by atoms with E-state index in [9.17, 15) is 18.0 Å². The molecule has 9 heteroatoms. The monoisotopic (exact) mass is 406 g/mol. The Balaban J connectivity index is 3.21. The van der Waals surface area contributed by atoms with Crippen molar-refractivity contribution in [2.75, 3.05) is 13.2 Å². The second-order valence-electron chi connectivity index (χ2n) is 5.02. The molecule has 23 heavy (non-hydrogen) atoms. The Morgan fingerprint density at radius 3 is 2.43 bits per heavy atom. The van der Waals surface area contributed by atoms with E-state index < -0.39 is 21.9 Å². The smallest absolute Gasteiger partial charge is 0.325 e. The van der Waals surface area contributed by atoms with Gasteiger partial charge in [-0.25, -0.2) is 13.6 Å². The third-order valence-electron chi connectivity index (χ3n) is 2.99. The van der Waals surface area contributed by atoms with Crippen LogP contribution in [0, 0.1) is 0 Å². The Labute approximate surface area is 144 Å². The molecule has 128 valence electrons. The maximum absolute atomic E-state index is 12.7. The van der Waals surface area contributed by atoms with Gasteiger partial charge >= 0.3 is 5.97 Å². The third kappa shape index (κ3) is 5.29. The molecule has 0 heterocycles. The number of primary sulfonamides is 1. The van der Waals surface area contributed by atoms with E-state index in [1.165, 1.54) is 23.1 Å². The van der Waals surface area contributed by atoms with Gasteiger partial charge in [-0.1, -0.05) is 0 Å². The highest BCUT2D eigenvalue weighted by atomic mass is 79.9. The average Bonchev–Trinajstić information content (AvgIpc) is 2.43. The van der Waals surface area contributed by atoms with Crippen molar-refractivity contribution >= 4 is 37.8 Å². The number of benzene rings is 1. The maximum atomic E-state index is 12.7. The molecule has 0 fully saturated rings. The van der Waals surface area contributed by atoms with Crippen LogP contribution in [-0.2, 0) is 19.6 Å². The number of carbonyl (C=O) groups excluding carboxylic acids is 2. The Morgan fingerprint density at radius 1 is 1.35 bits per heavy atom. The number of halogens is 1. The molecule has 1 rings (SSSR count). The average molecular weight is 407 g/mol. The molecule has 0 saturated heterocycles. The van der Waals surface area contributed by atoms with Crippen LogP contribution in [0.5, 0.6) is 0 Å². The molecule has 0 aliphatic carbocycles. The van der Waals surface area contributed by atoms with Crippen molar-refractivity contribution in [3.8, 4) is 0 Å². The lowest BCUT2D eigenvalue weighted by atomic mass is 10.1. The summed E-state index contributed by atoms with van der Waals surface area (Å²) >= 11 is 3.21. The summed E-state index contributed by atoms with van der Waals surface area (Å²) in [5, 5.41) is 5.09. The van der Waals surface area contributed by atoms with Gasteiger partial charge in [0.05, 0.1) is 17.1 Å². The van der Waals surface area contributed by atoms with E-state index in [-0.39, 0.29) is 29.7 Å². The number of hydrogen-bond donors (Lipinski definition) is 1. The minimum Gasteiger partial charge on any atom is -0.465 e. The van der Waals surface area contributed by atoms with E-state index >= 15 is 0 Å². The van der Waals surface area contributed by atoms with Crippen molar-refractivity contribution in [1.29, 1.82) is 0 Å². The van der Waals surface area contributed by atoms with E-state index in [1.807, 2.05) is 0 Å². The molecule has 0 aliphatic rings. The van der Waals surface area contributed by atoms with Crippen LogP contribution in [0.15, 0.2) is 27.6 Å². The summed E-state index contributed by atoms with van der Waals surface area (Å²) in [4.78, 5) is 25.5. The highest BCUT2D eigenvalue weighted by Gasteiger charge is 2.25. The van der Waals surface area contributed by atoms with Gasteiger partial charge in [-0.3, -0.25) is 9.59 Å². The summed E-state index contributed by atoms with van der Waals surface area (Å²) < 4.78 is 28.2. The Morgan fingerprint density at radius 2 is 1.96 bits per heavy atom. The van der Waals surface area contributed by atoms with E-state index in [0.29, 0.717) is 4.47 Å². The molecule has 0 radical (unpaired) electrons. The van der Waals surface area contributed by atoms with Gasteiger partial charge in [-0.15, -0.1) is 0 Å². The zero-order chi connectivity index (χ0) is 17.8. The topological polar surface area (TPSA) is 107 Å². The first-order valence-corrected chi connectivity index (χ1v) is 9.20. The number of nitrogens with two attached hydrogens (primary N) is 1. The predicted octanol–water partition coefficient (Wildman–Crippen LogP) is 1.51. The van der Waals surface area contributed by atoms with Crippen molar-refractivity contribution in [3.63, 3.8) is 0 Å². The minimum absolute atomic E-state index is 0.106. The fourth-order valence-electron chi connectivity index (χ4n) is 1.83. The normalized spacial score (nSPS) is 11.4. The molecule has 1 aromatic carbocycles. The van der Waals surface area contributed by atoms with Crippen molar-refractivity contribution in [2.24, 2.45) is 5.14 Å². The maximum Gasteiger partial charge on any atom is 0.325 e. The van der Waals surface area contributed by atoms with Crippen LogP contribution < -0.4 is 5.14 Å². The summed E-state index contributed by atoms with van der Waals surface area (Å²) in [7, 11) is -3.94. The van der Waals surface area contributed by atoms with Crippen LogP contribution in [-0.4, -0.2) is 44.4 Å². The van der Waals surface area contributed by atoms with Crippen molar-refractivity contribution < 1.29 is 22.7 Å². The lowest BCUT2D eigenvalue weighted by Gasteiger charge is -2.26. The number of ether oxygens (including phenoxy) is 1. The Bertz CT molecular complexity index is 703. The van der Waals surface area contributed by atoms with Gasteiger partial charge in [0.25, 0.3) is 5.91 Å². The fraction of sp³-hybridized carbons (Fsp3) is 0.429. The van der Waals surface area contributed by atoms with Gasteiger partial charge < -0.3 is 9.64 Å². The van der Waals surface area contributed by atoms with Crippen molar-refractivity contribution in [2.45, 2.75) is 31.7 Å². The SMILES string of the molecule is CCOC(=O)CN(C(=O)c1cc(S(N)(=O)=O)ccc1Br)C(C)C. The molecule has 0 atom stereocenters. The van der Waals surface area contributed by atoms with Gasteiger partial charge in [0.15, 0.2) is 0 Å². The van der Waals surface area contributed by atoms with Crippen molar-refractivity contribution in [1.82, 2.24) is 4.90 Å². The molecule has 0 spiro atoms. The van der Waals surface area contributed by atoms with Crippen LogP contribution in [0.25, 0.3) is 0 Å². The summed E-state index contributed by atoms with van der Waals surface area (Å²) in [5.41, 5.74) is 0.106. The molecule has 0 saturated carbocycles. The number of esters is 1. The molecular weight excluding hydrogens is 388 g/mol. The van der Waals surface area contributed by atoms with E-state index in [4.69, 9.17) is 9.88 Å². The number of amides is 1. The quantitative estimate of drug-likeness (QED) is 0.720. The van der Waals surface area contributed by atoms with Crippen LogP contribution in [0.4, 0.5) is 0 Å².